The fourth-order valence-corrected chi connectivity index (χ4v) is 0.734. The summed E-state index contributed by atoms with van der Waals surface area (Å²) in [5.41, 5.74) is 1.41. The maximum Gasteiger partial charge on any atom is -0.00235 e. The van der Waals surface area contributed by atoms with Gasteiger partial charge in [-0.2, -0.15) is 0 Å². The maximum atomic E-state index is 3.38. The zero-order valence-electron chi connectivity index (χ0n) is 13.2. The molecule has 0 bridgehead atoms. The lowest BCUT2D eigenvalue weighted by Gasteiger charge is -1.90. The Hall–Kier alpha value is -1.22. The molecule has 0 heterocycles. The summed E-state index contributed by atoms with van der Waals surface area (Å²) in [6.07, 6.45) is 9.06. The van der Waals surface area contributed by atoms with E-state index >= 15 is 0 Å². The third-order valence-electron chi connectivity index (χ3n) is 1.41. The molecular weight excluding hydrogens is 204 g/mol. The van der Waals surface area contributed by atoms with Crippen LogP contribution in [-0.2, 0) is 0 Å². The molecule has 100 valence electrons. The Bertz CT molecular complexity index is 215. The molecule has 0 heteroatoms. The van der Waals surface area contributed by atoms with Crippen LogP contribution in [0.1, 0.15) is 61.8 Å². The highest BCUT2D eigenvalue weighted by molar-refractivity contribution is 5.16. The van der Waals surface area contributed by atoms with Gasteiger partial charge in [0.05, 0.1) is 0 Å². The SMILES string of the molecule is C/C=C\C(=C/C)CC.C=CC#CC.CC.CC. The monoisotopic (exact) mass is 236 g/mol. The first-order valence-electron chi connectivity index (χ1n) is 6.57. The van der Waals surface area contributed by atoms with Crippen molar-refractivity contribution >= 4 is 0 Å². The molecule has 0 amide bonds. The molecule has 0 atom stereocenters. The first-order valence-corrected chi connectivity index (χ1v) is 6.57. The van der Waals surface area contributed by atoms with Gasteiger partial charge in [0.15, 0.2) is 0 Å². The second-order valence-corrected chi connectivity index (χ2v) is 2.32. The predicted molar refractivity (Wildman–Crippen MR) is 85.2 cm³/mol. The van der Waals surface area contributed by atoms with Crippen molar-refractivity contribution < 1.29 is 0 Å². The minimum Gasteiger partial charge on any atom is -0.102 e. The third-order valence-corrected chi connectivity index (χ3v) is 1.41. The topological polar surface area (TPSA) is 0 Å². The third kappa shape index (κ3) is 39.9. The van der Waals surface area contributed by atoms with Crippen LogP contribution in [0.4, 0.5) is 0 Å². The first kappa shape index (κ1) is 24.8. The lowest BCUT2D eigenvalue weighted by Crippen LogP contribution is -1.69. The summed E-state index contributed by atoms with van der Waals surface area (Å²) in [4.78, 5) is 0. The predicted octanol–water partition coefficient (Wildman–Crippen LogP) is 6.17. The van der Waals surface area contributed by atoms with Gasteiger partial charge in [-0.05, 0) is 33.3 Å². The molecule has 0 unspecified atom stereocenters. The highest BCUT2D eigenvalue weighted by Gasteiger charge is 1.79. The fourth-order valence-electron chi connectivity index (χ4n) is 0.734. The molecule has 0 saturated carbocycles. The molecule has 0 aliphatic heterocycles. The summed E-state index contributed by atoms with van der Waals surface area (Å²) in [7, 11) is 0. The molecule has 0 nitrogen and oxygen atoms in total. The summed E-state index contributed by atoms with van der Waals surface area (Å²) in [6, 6.07) is 0. The van der Waals surface area contributed by atoms with E-state index in [-0.39, 0.29) is 0 Å². The van der Waals surface area contributed by atoms with Crippen LogP contribution in [0.5, 0.6) is 0 Å². The van der Waals surface area contributed by atoms with Crippen LogP contribution in [0.3, 0.4) is 0 Å². The highest BCUT2D eigenvalue weighted by atomic mass is 13.9. The lowest BCUT2D eigenvalue weighted by atomic mass is 10.2. The number of hydrogen-bond acceptors (Lipinski definition) is 0. The van der Waals surface area contributed by atoms with Crippen molar-refractivity contribution in [2.75, 3.05) is 0 Å². The minimum absolute atomic E-state index is 1.14. The van der Waals surface area contributed by atoms with Crippen LogP contribution in [0, 0.1) is 11.8 Å². The Labute approximate surface area is 111 Å². The van der Waals surface area contributed by atoms with E-state index < -0.39 is 0 Å². The second kappa shape index (κ2) is 36.4. The molecule has 0 aliphatic carbocycles. The summed E-state index contributed by atoms with van der Waals surface area (Å²) < 4.78 is 0. The van der Waals surface area contributed by atoms with Crippen LogP contribution in [-0.4, -0.2) is 0 Å². The van der Waals surface area contributed by atoms with Crippen molar-refractivity contribution in [2.24, 2.45) is 0 Å². The lowest BCUT2D eigenvalue weighted by molar-refractivity contribution is 1.14. The van der Waals surface area contributed by atoms with Gasteiger partial charge in [0, 0.05) is 0 Å². The zero-order chi connectivity index (χ0) is 14.5. The Kier molecular flexibility index (Phi) is 53.2. The average Bonchev–Trinajstić information content (AvgIpc) is 2.42. The molecule has 0 spiro atoms. The van der Waals surface area contributed by atoms with Crippen molar-refractivity contribution in [1.29, 1.82) is 0 Å². The second-order valence-electron chi connectivity index (χ2n) is 2.32. The van der Waals surface area contributed by atoms with Gasteiger partial charge in [-0.15, -0.1) is 5.92 Å². The van der Waals surface area contributed by atoms with Crippen LogP contribution in [0.25, 0.3) is 0 Å². The molecule has 0 aromatic carbocycles. The number of hydrogen-bond donors (Lipinski definition) is 0. The van der Waals surface area contributed by atoms with E-state index in [9.17, 15) is 0 Å². The van der Waals surface area contributed by atoms with E-state index in [1.165, 1.54) is 5.57 Å². The summed E-state index contributed by atoms with van der Waals surface area (Å²) >= 11 is 0. The van der Waals surface area contributed by atoms with Gasteiger partial charge < -0.3 is 0 Å². The van der Waals surface area contributed by atoms with Crippen molar-refractivity contribution in [1.82, 2.24) is 0 Å². The molecule has 0 aromatic heterocycles. The van der Waals surface area contributed by atoms with E-state index in [2.05, 4.69) is 50.5 Å². The van der Waals surface area contributed by atoms with E-state index in [0.717, 1.165) is 6.42 Å². The minimum atomic E-state index is 1.14. The van der Waals surface area contributed by atoms with Gasteiger partial charge in [0.25, 0.3) is 0 Å². The largest absolute Gasteiger partial charge is 0.102 e. The van der Waals surface area contributed by atoms with E-state index in [1.54, 1.807) is 13.0 Å². The van der Waals surface area contributed by atoms with Crippen LogP contribution >= 0.6 is 0 Å². The fraction of sp³-hybridized carbons (Fsp3) is 0.529. The van der Waals surface area contributed by atoms with E-state index in [4.69, 9.17) is 0 Å². The van der Waals surface area contributed by atoms with E-state index in [0.29, 0.717) is 0 Å². The normalized spacial score (nSPS) is 8.12. The van der Waals surface area contributed by atoms with E-state index in [1.807, 2.05) is 34.6 Å². The summed E-state index contributed by atoms with van der Waals surface area (Å²) in [5, 5.41) is 0. The Morgan fingerprint density at radius 3 is 1.65 bits per heavy atom. The molecule has 0 radical (unpaired) electrons. The first-order chi connectivity index (χ1) is 8.26. The van der Waals surface area contributed by atoms with Crippen molar-refractivity contribution in [2.45, 2.75) is 61.8 Å². The van der Waals surface area contributed by atoms with Gasteiger partial charge in [0.2, 0.25) is 0 Å². The van der Waals surface area contributed by atoms with Crippen LogP contribution in [0.15, 0.2) is 36.5 Å². The van der Waals surface area contributed by atoms with Gasteiger partial charge in [-0.1, -0.05) is 70.9 Å². The molecule has 0 rings (SSSR count). The molecule has 0 fully saturated rings. The Morgan fingerprint density at radius 2 is 1.59 bits per heavy atom. The summed E-state index contributed by atoms with van der Waals surface area (Å²) in [6.45, 7) is 19.4. The van der Waals surface area contributed by atoms with Gasteiger partial charge in [-0.3, -0.25) is 0 Å². The van der Waals surface area contributed by atoms with Crippen LogP contribution < -0.4 is 0 Å². The van der Waals surface area contributed by atoms with Crippen molar-refractivity contribution in [3.8, 4) is 11.8 Å². The number of allylic oxidation sites excluding steroid dienone is 5. The van der Waals surface area contributed by atoms with Crippen molar-refractivity contribution in [3.63, 3.8) is 0 Å². The molecule has 0 saturated heterocycles. The maximum absolute atomic E-state index is 3.38. The van der Waals surface area contributed by atoms with Gasteiger partial charge in [0.1, 0.15) is 0 Å². The molecule has 0 aliphatic rings. The van der Waals surface area contributed by atoms with Gasteiger partial charge in [-0.25, -0.2) is 0 Å². The Morgan fingerprint density at radius 1 is 1.12 bits per heavy atom. The molecular formula is C17H32. The average molecular weight is 236 g/mol. The van der Waals surface area contributed by atoms with Gasteiger partial charge >= 0.3 is 0 Å². The molecule has 0 aromatic rings. The summed E-state index contributed by atoms with van der Waals surface area (Å²) in [5.74, 6) is 5.27. The zero-order valence-corrected chi connectivity index (χ0v) is 13.2. The Balaban J connectivity index is -0.0000000809. The molecule has 0 N–H and O–H groups in total. The smallest absolute Gasteiger partial charge is 0.00235 e. The molecule has 17 heavy (non-hydrogen) atoms. The quantitative estimate of drug-likeness (QED) is 0.397. The highest BCUT2D eigenvalue weighted by Crippen LogP contribution is 2.00. The van der Waals surface area contributed by atoms with Crippen LogP contribution in [0.2, 0.25) is 0 Å². The standard InChI is InChI=1S/C8H14.C5H6.2C2H6/c1-4-7-8(5-2)6-3;1-3-5-4-2;2*1-2/h4-5,7H,6H2,1-3H3;3H,1H2,2H3;2*1-2H3/b7-4-,8-5-;;;. The van der Waals surface area contributed by atoms with Crippen molar-refractivity contribution in [3.05, 3.63) is 36.5 Å². The number of rotatable bonds is 2.